The fourth-order valence-corrected chi connectivity index (χ4v) is 4.67. The van der Waals surface area contributed by atoms with Gasteiger partial charge in [-0.25, -0.2) is 0 Å². The number of thiophene rings is 1. The van der Waals surface area contributed by atoms with E-state index < -0.39 is 0 Å². The molecular formula is C20H15BrClN3S2. The summed E-state index contributed by atoms with van der Waals surface area (Å²) in [4.78, 5) is 1.27. The second-order valence-corrected chi connectivity index (χ2v) is 9.21. The summed E-state index contributed by atoms with van der Waals surface area (Å²) in [6, 6.07) is 20.3. The van der Waals surface area contributed by atoms with Gasteiger partial charge in [-0.05, 0) is 53.4 Å². The molecule has 136 valence electrons. The van der Waals surface area contributed by atoms with E-state index in [2.05, 4.69) is 72.5 Å². The van der Waals surface area contributed by atoms with Crippen LogP contribution in [0.1, 0.15) is 16.3 Å². The van der Waals surface area contributed by atoms with Crippen molar-refractivity contribution >= 4 is 50.6 Å². The maximum atomic E-state index is 6.07. The lowest BCUT2D eigenvalue weighted by atomic mass is 10.2. The first-order valence-electron chi connectivity index (χ1n) is 8.29. The molecule has 0 fully saturated rings. The van der Waals surface area contributed by atoms with Crippen LogP contribution in [0.4, 0.5) is 0 Å². The van der Waals surface area contributed by atoms with Crippen molar-refractivity contribution in [2.45, 2.75) is 17.3 Å². The highest BCUT2D eigenvalue weighted by molar-refractivity contribution is 9.10. The Morgan fingerprint density at radius 1 is 1.00 bits per heavy atom. The SMILES string of the molecule is Clc1ccc(-n2c(Cc3cccs3)nnc2SCc2ccc(Br)cc2)cc1. The first-order valence-corrected chi connectivity index (χ1v) is 11.3. The van der Waals surface area contributed by atoms with Crippen molar-refractivity contribution in [2.24, 2.45) is 0 Å². The van der Waals surface area contributed by atoms with E-state index in [-0.39, 0.29) is 0 Å². The molecule has 4 rings (SSSR count). The second-order valence-electron chi connectivity index (χ2n) is 5.88. The Labute approximate surface area is 179 Å². The molecule has 0 spiro atoms. The third kappa shape index (κ3) is 4.63. The second kappa shape index (κ2) is 8.61. The molecule has 0 N–H and O–H groups in total. The van der Waals surface area contributed by atoms with Gasteiger partial charge in [-0.3, -0.25) is 4.57 Å². The molecule has 0 saturated heterocycles. The number of hydrogen-bond donors (Lipinski definition) is 0. The summed E-state index contributed by atoms with van der Waals surface area (Å²) in [5, 5.41) is 12.6. The van der Waals surface area contributed by atoms with Crippen LogP contribution in [0.15, 0.2) is 75.7 Å². The van der Waals surface area contributed by atoms with Gasteiger partial charge in [0.1, 0.15) is 5.82 Å². The van der Waals surface area contributed by atoms with Gasteiger partial charge in [0.05, 0.1) is 0 Å². The van der Waals surface area contributed by atoms with Gasteiger partial charge < -0.3 is 0 Å². The molecule has 2 aromatic carbocycles. The van der Waals surface area contributed by atoms with Crippen LogP contribution in [0.3, 0.4) is 0 Å². The van der Waals surface area contributed by atoms with Crippen LogP contribution in [0.25, 0.3) is 5.69 Å². The van der Waals surface area contributed by atoms with Crippen molar-refractivity contribution in [3.05, 3.63) is 91.8 Å². The summed E-state index contributed by atoms with van der Waals surface area (Å²) >= 11 is 13.0. The topological polar surface area (TPSA) is 30.7 Å². The molecule has 0 radical (unpaired) electrons. The van der Waals surface area contributed by atoms with Crippen molar-refractivity contribution in [1.29, 1.82) is 0 Å². The Kier molecular flexibility index (Phi) is 5.98. The average Bonchev–Trinajstić information content (AvgIpc) is 3.33. The zero-order chi connectivity index (χ0) is 18.6. The van der Waals surface area contributed by atoms with Gasteiger partial charge in [-0.1, -0.05) is 57.5 Å². The fourth-order valence-electron chi connectivity index (χ4n) is 2.66. The lowest BCUT2D eigenvalue weighted by Gasteiger charge is -2.10. The van der Waals surface area contributed by atoms with Gasteiger partial charge in [0, 0.05) is 32.2 Å². The largest absolute Gasteiger partial charge is 0.274 e. The van der Waals surface area contributed by atoms with E-state index in [1.54, 1.807) is 23.1 Å². The monoisotopic (exact) mass is 475 g/mol. The summed E-state index contributed by atoms with van der Waals surface area (Å²) in [6.07, 6.45) is 0.756. The highest BCUT2D eigenvalue weighted by Gasteiger charge is 2.15. The fraction of sp³-hybridized carbons (Fsp3) is 0.100. The van der Waals surface area contributed by atoms with Crippen molar-refractivity contribution in [3.63, 3.8) is 0 Å². The molecule has 0 amide bonds. The number of hydrogen-bond acceptors (Lipinski definition) is 4. The normalized spacial score (nSPS) is 11.0. The molecule has 4 aromatic rings. The summed E-state index contributed by atoms with van der Waals surface area (Å²) in [5.74, 6) is 1.76. The third-order valence-electron chi connectivity index (χ3n) is 3.98. The standard InChI is InChI=1S/C20H15BrClN3S2/c21-15-5-3-14(4-6-15)13-27-20-24-23-19(12-18-2-1-11-26-18)25(20)17-9-7-16(22)8-10-17/h1-11H,12-13H2. The molecule has 0 aliphatic carbocycles. The van der Waals surface area contributed by atoms with E-state index in [1.165, 1.54) is 10.4 Å². The van der Waals surface area contributed by atoms with Crippen LogP contribution >= 0.6 is 50.6 Å². The number of halogens is 2. The van der Waals surface area contributed by atoms with Crippen LogP contribution in [0.2, 0.25) is 5.02 Å². The molecule has 2 aromatic heterocycles. The molecule has 27 heavy (non-hydrogen) atoms. The highest BCUT2D eigenvalue weighted by Crippen LogP contribution is 2.28. The first kappa shape index (κ1) is 18.7. The molecule has 7 heteroatoms. The summed E-state index contributed by atoms with van der Waals surface area (Å²) < 4.78 is 3.21. The molecule has 0 saturated carbocycles. The van der Waals surface area contributed by atoms with Crippen LogP contribution in [0, 0.1) is 0 Å². The van der Waals surface area contributed by atoms with E-state index in [1.807, 2.05) is 24.3 Å². The van der Waals surface area contributed by atoms with Gasteiger partial charge >= 0.3 is 0 Å². The molecule has 0 atom stereocenters. The number of nitrogens with zero attached hydrogens (tertiary/aromatic N) is 3. The van der Waals surface area contributed by atoms with Gasteiger partial charge in [-0.2, -0.15) is 0 Å². The van der Waals surface area contributed by atoms with Crippen molar-refractivity contribution in [3.8, 4) is 5.69 Å². The summed E-state index contributed by atoms with van der Waals surface area (Å²) in [5.41, 5.74) is 2.27. The Morgan fingerprint density at radius 3 is 2.48 bits per heavy atom. The number of benzene rings is 2. The predicted octanol–water partition coefficient (Wildman–Crippen LogP) is 6.63. The van der Waals surface area contributed by atoms with Crippen molar-refractivity contribution < 1.29 is 0 Å². The minimum Gasteiger partial charge on any atom is -0.274 e. The molecule has 0 aliphatic heterocycles. The Bertz CT molecular complexity index is 1010. The summed E-state index contributed by atoms with van der Waals surface area (Å²) in [6.45, 7) is 0. The molecular weight excluding hydrogens is 462 g/mol. The number of aromatic nitrogens is 3. The van der Waals surface area contributed by atoms with Crippen LogP contribution in [0.5, 0.6) is 0 Å². The Hall–Kier alpha value is -1.60. The van der Waals surface area contributed by atoms with Gasteiger partial charge in [0.15, 0.2) is 5.16 Å². The molecule has 0 bridgehead atoms. The maximum Gasteiger partial charge on any atom is 0.196 e. The first-order chi connectivity index (χ1) is 13.2. The minimum atomic E-state index is 0.718. The van der Waals surface area contributed by atoms with E-state index in [0.717, 1.165) is 38.3 Å². The quantitative estimate of drug-likeness (QED) is 0.293. The van der Waals surface area contributed by atoms with Crippen LogP contribution in [-0.4, -0.2) is 14.8 Å². The Morgan fingerprint density at radius 2 is 1.78 bits per heavy atom. The zero-order valence-corrected chi connectivity index (χ0v) is 18.2. The Balaban J connectivity index is 1.64. The highest BCUT2D eigenvalue weighted by atomic mass is 79.9. The van der Waals surface area contributed by atoms with Gasteiger partial charge in [0.2, 0.25) is 0 Å². The van der Waals surface area contributed by atoms with Gasteiger partial charge in [-0.15, -0.1) is 21.5 Å². The number of rotatable bonds is 6. The van der Waals surface area contributed by atoms with E-state index >= 15 is 0 Å². The van der Waals surface area contributed by atoms with E-state index in [4.69, 9.17) is 11.6 Å². The molecule has 2 heterocycles. The van der Waals surface area contributed by atoms with E-state index in [9.17, 15) is 0 Å². The summed E-state index contributed by atoms with van der Waals surface area (Å²) in [7, 11) is 0. The predicted molar refractivity (Wildman–Crippen MR) is 117 cm³/mol. The molecule has 0 unspecified atom stereocenters. The van der Waals surface area contributed by atoms with Crippen molar-refractivity contribution in [2.75, 3.05) is 0 Å². The molecule has 3 nitrogen and oxygen atoms in total. The minimum absolute atomic E-state index is 0.718. The molecule has 0 aliphatic rings. The lowest BCUT2D eigenvalue weighted by molar-refractivity contribution is 0.851. The van der Waals surface area contributed by atoms with Crippen LogP contribution in [-0.2, 0) is 12.2 Å². The number of thioether (sulfide) groups is 1. The third-order valence-corrected chi connectivity index (χ3v) is 6.64. The smallest absolute Gasteiger partial charge is 0.196 e. The maximum absolute atomic E-state index is 6.07. The lowest BCUT2D eigenvalue weighted by Crippen LogP contribution is -2.03. The zero-order valence-electron chi connectivity index (χ0n) is 14.2. The van der Waals surface area contributed by atoms with E-state index in [0.29, 0.717) is 0 Å². The van der Waals surface area contributed by atoms with Gasteiger partial charge in [0.25, 0.3) is 0 Å². The van der Waals surface area contributed by atoms with Crippen molar-refractivity contribution in [1.82, 2.24) is 14.8 Å². The average molecular weight is 477 g/mol. The van der Waals surface area contributed by atoms with Crippen LogP contribution < -0.4 is 0 Å².